The SMILES string of the molecule is Cc1cc(NCC(c2ccco2)N2CCCC2)nc(N)n1. The molecule has 1 fully saturated rings. The van der Waals surface area contributed by atoms with Crippen LogP contribution in [0.1, 0.15) is 30.3 Å². The van der Waals surface area contributed by atoms with Crippen LogP contribution < -0.4 is 11.1 Å². The minimum Gasteiger partial charge on any atom is -0.468 e. The number of nitrogen functional groups attached to an aromatic ring is 1. The molecule has 112 valence electrons. The molecular weight excluding hydrogens is 266 g/mol. The fourth-order valence-corrected chi connectivity index (χ4v) is 2.83. The third-order valence-electron chi connectivity index (χ3n) is 3.80. The first-order chi connectivity index (χ1) is 10.2. The molecule has 0 saturated carbocycles. The first kappa shape index (κ1) is 13.9. The van der Waals surface area contributed by atoms with E-state index in [1.807, 2.05) is 25.1 Å². The summed E-state index contributed by atoms with van der Waals surface area (Å²) in [6, 6.07) is 6.09. The van der Waals surface area contributed by atoms with Crippen LogP contribution in [0, 0.1) is 6.92 Å². The zero-order valence-electron chi connectivity index (χ0n) is 12.2. The summed E-state index contributed by atoms with van der Waals surface area (Å²) in [6.07, 6.45) is 4.22. The van der Waals surface area contributed by atoms with E-state index in [4.69, 9.17) is 10.2 Å². The van der Waals surface area contributed by atoms with Gasteiger partial charge in [-0.25, -0.2) is 4.98 Å². The number of aryl methyl sites for hydroxylation is 1. The van der Waals surface area contributed by atoms with Crippen LogP contribution in [0.25, 0.3) is 0 Å². The van der Waals surface area contributed by atoms with Gasteiger partial charge in [-0.1, -0.05) is 0 Å². The average molecular weight is 287 g/mol. The van der Waals surface area contributed by atoms with Gasteiger partial charge in [-0.05, 0) is 45.0 Å². The highest BCUT2D eigenvalue weighted by Gasteiger charge is 2.25. The standard InChI is InChI=1S/C15H21N5O/c1-11-9-14(19-15(16)18-11)17-10-12(13-5-4-8-21-13)20-6-2-3-7-20/h4-5,8-9,12H,2-3,6-7,10H2,1H3,(H3,16,17,18,19). The Morgan fingerprint density at radius 2 is 2.19 bits per heavy atom. The highest BCUT2D eigenvalue weighted by molar-refractivity contribution is 5.40. The number of likely N-dealkylation sites (tertiary alicyclic amines) is 1. The Morgan fingerprint density at radius 3 is 2.86 bits per heavy atom. The van der Waals surface area contributed by atoms with Gasteiger partial charge in [0.25, 0.3) is 0 Å². The molecule has 1 saturated heterocycles. The lowest BCUT2D eigenvalue weighted by Crippen LogP contribution is -2.31. The Hall–Kier alpha value is -2.08. The molecule has 0 radical (unpaired) electrons. The van der Waals surface area contributed by atoms with Gasteiger partial charge < -0.3 is 15.5 Å². The van der Waals surface area contributed by atoms with Gasteiger partial charge in [0.2, 0.25) is 5.95 Å². The van der Waals surface area contributed by atoms with E-state index in [1.54, 1.807) is 6.26 Å². The first-order valence-corrected chi connectivity index (χ1v) is 7.35. The predicted octanol–water partition coefficient (Wildman–Crippen LogP) is 2.21. The van der Waals surface area contributed by atoms with Crippen molar-refractivity contribution < 1.29 is 4.42 Å². The van der Waals surface area contributed by atoms with Gasteiger partial charge in [0.05, 0.1) is 12.3 Å². The monoisotopic (exact) mass is 287 g/mol. The number of nitrogens with one attached hydrogen (secondary N) is 1. The molecule has 3 heterocycles. The largest absolute Gasteiger partial charge is 0.468 e. The molecule has 0 aromatic carbocycles. The molecule has 0 amide bonds. The molecule has 6 heteroatoms. The molecule has 6 nitrogen and oxygen atoms in total. The van der Waals surface area contributed by atoms with Crippen LogP contribution in [0.3, 0.4) is 0 Å². The van der Waals surface area contributed by atoms with Crippen LogP contribution in [-0.4, -0.2) is 34.5 Å². The van der Waals surface area contributed by atoms with Crippen molar-refractivity contribution >= 4 is 11.8 Å². The van der Waals surface area contributed by atoms with Crippen LogP contribution in [0.4, 0.5) is 11.8 Å². The molecule has 3 N–H and O–H groups in total. The predicted molar refractivity (Wildman–Crippen MR) is 81.9 cm³/mol. The number of nitrogens with zero attached hydrogens (tertiary/aromatic N) is 3. The average Bonchev–Trinajstić information content (AvgIpc) is 3.10. The van der Waals surface area contributed by atoms with E-state index in [-0.39, 0.29) is 6.04 Å². The number of hydrogen-bond donors (Lipinski definition) is 2. The van der Waals surface area contributed by atoms with Crippen LogP contribution >= 0.6 is 0 Å². The molecule has 0 aliphatic carbocycles. The number of rotatable bonds is 5. The Labute approximate surface area is 124 Å². The number of hydrogen-bond acceptors (Lipinski definition) is 6. The molecule has 1 unspecified atom stereocenters. The zero-order valence-corrected chi connectivity index (χ0v) is 12.2. The minimum absolute atomic E-state index is 0.221. The van der Waals surface area contributed by atoms with Crippen molar-refractivity contribution in [1.82, 2.24) is 14.9 Å². The summed E-state index contributed by atoms with van der Waals surface area (Å²) in [4.78, 5) is 10.8. The highest BCUT2D eigenvalue weighted by atomic mass is 16.3. The molecular formula is C15H21N5O. The Balaban J connectivity index is 1.72. The van der Waals surface area contributed by atoms with Gasteiger partial charge in [0.1, 0.15) is 11.6 Å². The van der Waals surface area contributed by atoms with Crippen molar-refractivity contribution in [3.8, 4) is 0 Å². The Kier molecular flexibility index (Phi) is 4.06. The molecule has 0 bridgehead atoms. The normalized spacial score (nSPS) is 17.0. The van der Waals surface area contributed by atoms with E-state index >= 15 is 0 Å². The van der Waals surface area contributed by atoms with Crippen molar-refractivity contribution in [2.45, 2.75) is 25.8 Å². The van der Waals surface area contributed by atoms with Crippen molar-refractivity contribution in [2.75, 3.05) is 30.7 Å². The second-order valence-electron chi connectivity index (χ2n) is 5.41. The van der Waals surface area contributed by atoms with Gasteiger partial charge in [-0.2, -0.15) is 4.98 Å². The van der Waals surface area contributed by atoms with Gasteiger partial charge in [-0.15, -0.1) is 0 Å². The summed E-state index contributed by atoms with van der Waals surface area (Å²) < 4.78 is 5.60. The van der Waals surface area contributed by atoms with Gasteiger partial charge in [0.15, 0.2) is 0 Å². The lowest BCUT2D eigenvalue weighted by atomic mass is 10.2. The van der Waals surface area contributed by atoms with Crippen molar-refractivity contribution in [3.05, 3.63) is 35.9 Å². The van der Waals surface area contributed by atoms with Crippen LogP contribution in [0.2, 0.25) is 0 Å². The van der Waals surface area contributed by atoms with Crippen molar-refractivity contribution in [2.24, 2.45) is 0 Å². The highest BCUT2D eigenvalue weighted by Crippen LogP contribution is 2.25. The van der Waals surface area contributed by atoms with Crippen LogP contribution in [0.15, 0.2) is 28.9 Å². The van der Waals surface area contributed by atoms with Crippen molar-refractivity contribution in [3.63, 3.8) is 0 Å². The molecule has 1 aliphatic heterocycles. The smallest absolute Gasteiger partial charge is 0.222 e. The molecule has 21 heavy (non-hydrogen) atoms. The zero-order chi connectivity index (χ0) is 14.7. The number of aromatic nitrogens is 2. The molecule has 1 aliphatic rings. The Bertz CT molecular complexity index is 558. The first-order valence-electron chi connectivity index (χ1n) is 7.35. The van der Waals surface area contributed by atoms with Crippen molar-refractivity contribution in [1.29, 1.82) is 0 Å². The van der Waals surface area contributed by atoms with E-state index in [0.717, 1.165) is 36.9 Å². The summed E-state index contributed by atoms with van der Waals surface area (Å²) >= 11 is 0. The van der Waals surface area contributed by atoms with Gasteiger partial charge >= 0.3 is 0 Å². The Morgan fingerprint density at radius 1 is 1.38 bits per heavy atom. The fourth-order valence-electron chi connectivity index (χ4n) is 2.83. The van der Waals surface area contributed by atoms with E-state index in [1.165, 1.54) is 12.8 Å². The fraction of sp³-hybridized carbons (Fsp3) is 0.467. The van der Waals surface area contributed by atoms with Crippen LogP contribution in [-0.2, 0) is 0 Å². The third-order valence-corrected chi connectivity index (χ3v) is 3.80. The second-order valence-corrected chi connectivity index (χ2v) is 5.41. The summed E-state index contributed by atoms with van der Waals surface area (Å²) in [5.41, 5.74) is 6.55. The van der Waals surface area contributed by atoms with E-state index in [2.05, 4.69) is 20.2 Å². The number of nitrogens with two attached hydrogens (primary N) is 1. The van der Waals surface area contributed by atoms with E-state index < -0.39 is 0 Å². The van der Waals surface area contributed by atoms with E-state index in [0.29, 0.717) is 5.95 Å². The van der Waals surface area contributed by atoms with Crippen LogP contribution in [0.5, 0.6) is 0 Å². The second kappa shape index (κ2) is 6.13. The summed E-state index contributed by atoms with van der Waals surface area (Å²) in [5, 5.41) is 3.36. The summed E-state index contributed by atoms with van der Waals surface area (Å²) in [5.74, 6) is 2.05. The number of furan rings is 1. The number of anilines is 2. The van der Waals surface area contributed by atoms with Gasteiger partial charge in [0, 0.05) is 18.3 Å². The maximum absolute atomic E-state index is 5.69. The molecule has 3 rings (SSSR count). The quantitative estimate of drug-likeness (QED) is 0.877. The van der Waals surface area contributed by atoms with Gasteiger partial charge in [-0.3, -0.25) is 4.90 Å². The topological polar surface area (TPSA) is 80.2 Å². The molecule has 2 aromatic heterocycles. The lowest BCUT2D eigenvalue weighted by Gasteiger charge is -2.26. The summed E-state index contributed by atoms with van der Waals surface area (Å²) in [6.45, 7) is 4.87. The van der Waals surface area contributed by atoms with E-state index in [9.17, 15) is 0 Å². The molecule has 0 spiro atoms. The minimum atomic E-state index is 0.221. The lowest BCUT2D eigenvalue weighted by molar-refractivity contribution is 0.225. The third kappa shape index (κ3) is 3.33. The maximum atomic E-state index is 5.69. The maximum Gasteiger partial charge on any atom is 0.222 e. The molecule has 1 atom stereocenters. The molecule has 2 aromatic rings. The summed E-state index contributed by atoms with van der Waals surface area (Å²) in [7, 11) is 0.